The second-order valence-electron chi connectivity index (χ2n) is 5.71. The summed E-state index contributed by atoms with van der Waals surface area (Å²) in [6, 6.07) is 10.3. The van der Waals surface area contributed by atoms with Gasteiger partial charge < -0.3 is 20.5 Å². The summed E-state index contributed by atoms with van der Waals surface area (Å²) in [6.07, 6.45) is 0.361. The number of rotatable bonds is 9. The highest BCUT2D eigenvalue weighted by Crippen LogP contribution is 2.15. The van der Waals surface area contributed by atoms with Crippen molar-refractivity contribution in [3.63, 3.8) is 0 Å². The topological polar surface area (TPSA) is 65.9 Å². The second-order valence-corrected chi connectivity index (χ2v) is 5.71. The lowest BCUT2D eigenvalue weighted by molar-refractivity contribution is 0.00111. The van der Waals surface area contributed by atoms with Crippen LogP contribution in [-0.2, 0) is 4.74 Å². The Hall–Kier alpha value is -0.860. The Morgan fingerprint density at radius 2 is 1.88 bits per heavy atom. The summed E-state index contributed by atoms with van der Waals surface area (Å²) in [5, 5.41) is 16.5. The molecule has 6 heteroatoms. The number of hydrogen-bond acceptors (Lipinski definition) is 3. The van der Waals surface area contributed by atoms with Gasteiger partial charge in [-0.2, -0.15) is 0 Å². The van der Waals surface area contributed by atoms with Gasteiger partial charge in [0.05, 0.1) is 25.4 Å². The standard InChI is InChI=1S/C18H31N3O2.HI/c1-5-14(3)21-18(19-6-2)20-12-17(22)13-23-15(4)16-10-8-7-9-11-16;/h7-11,14-15,17,22H,5-6,12-13H2,1-4H3,(H2,19,20,21);1H. The van der Waals surface area contributed by atoms with Gasteiger partial charge in [0.25, 0.3) is 0 Å². The fourth-order valence-electron chi connectivity index (χ4n) is 1.98. The van der Waals surface area contributed by atoms with Crippen molar-refractivity contribution in [3.05, 3.63) is 35.9 Å². The van der Waals surface area contributed by atoms with Gasteiger partial charge in [0.15, 0.2) is 5.96 Å². The average molecular weight is 449 g/mol. The quantitative estimate of drug-likeness (QED) is 0.308. The highest BCUT2D eigenvalue weighted by molar-refractivity contribution is 14.0. The van der Waals surface area contributed by atoms with E-state index in [1.165, 1.54) is 0 Å². The van der Waals surface area contributed by atoms with E-state index in [2.05, 4.69) is 29.5 Å². The number of aliphatic imine (C=N–C) groups is 1. The van der Waals surface area contributed by atoms with Crippen LogP contribution in [0.15, 0.2) is 35.3 Å². The van der Waals surface area contributed by atoms with Gasteiger partial charge in [0.1, 0.15) is 0 Å². The molecule has 0 fully saturated rings. The molecular weight excluding hydrogens is 417 g/mol. The van der Waals surface area contributed by atoms with Gasteiger partial charge in [-0.1, -0.05) is 37.3 Å². The van der Waals surface area contributed by atoms with Crippen molar-refractivity contribution < 1.29 is 9.84 Å². The third kappa shape index (κ3) is 9.44. The zero-order valence-corrected chi connectivity index (χ0v) is 17.5. The van der Waals surface area contributed by atoms with Gasteiger partial charge in [0, 0.05) is 12.6 Å². The van der Waals surface area contributed by atoms with Gasteiger partial charge in [-0.3, -0.25) is 4.99 Å². The first-order valence-corrected chi connectivity index (χ1v) is 8.46. The Balaban J connectivity index is 0.00000529. The molecule has 0 spiro atoms. The minimum atomic E-state index is -0.617. The number of aliphatic hydroxyl groups is 1. The molecule has 3 N–H and O–H groups in total. The smallest absolute Gasteiger partial charge is 0.191 e. The molecular formula is C18H32IN3O2. The van der Waals surface area contributed by atoms with E-state index in [0.717, 1.165) is 24.5 Å². The monoisotopic (exact) mass is 449 g/mol. The average Bonchev–Trinajstić information content (AvgIpc) is 2.58. The first-order chi connectivity index (χ1) is 11.1. The molecule has 0 bridgehead atoms. The molecule has 0 heterocycles. The third-order valence-corrected chi connectivity index (χ3v) is 3.61. The summed E-state index contributed by atoms with van der Waals surface area (Å²) in [7, 11) is 0. The number of guanidine groups is 1. The number of nitrogens with zero attached hydrogens (tertiary/aromatic N) is 1. The van der Waals surface area contributed by atoms with Crippen LogP contribution in [0, 0.1) is 0 Å². The van der Waals surface area contributed by atoms with Gasteiger partial charge in [-0.25, -0.2) is 0 Å². The van der Waals surface area contributed by atoms with Crippen molar-refractivity contribution >= 4 is 29.9 Å². The molecule has 0 saturated carbocycles. The van der Waals surface area contributed by atoms with Crippen LogP contribution in [-0.4, -0.2) is 42.9 Å². The van der Waals surface area contributed by atoms with Crippen LogP contribution in [0.4, 0.5) is 0 Å². The Labute approximate surface area is 163 Å². The van der Waals surface area contributed by atoms with Crippen LogP contribution in [0.3, 0.4) is 0 Å². The van der Waals surface area contributed by atoms with Crippen molar-refractivity contribution in [2.24, 2.45) is 4.99 Å². The van der Waals surface area contributed by atoms with Crippen LogP contribution < -0.4 is 10.6 Å². The maximum atomic E-state index is 10.1. The summed E-state index contributed by atoms with van der Waals surface area (Å²) in [5.41, 5.74) is 1.11. The molecule has 0 aliphatic heterocycles. The Kier molecular flexibility index (Phi) is 13.0. The van der Waals surface area contributed by atoms with E-state index in [-0.39, 0.29) is 36.7 Å². The Morgan fingerprint density at radius 1 is 1.21 bits per heavy atom. The highest BCUT2D eigenvalue weighted by Gasteiger charge is 2.10. The van der Waals surface area contributed by atoms with Crippen LogP contribution in [0.2, 0.25) is 0 Å². The molecule has 0 aliphatic carbocycles. The SMILES string of the molecule is CCNC(=NCC(O)COC(C)c1ccccc1)NC(C)CC.I. The van der Waals surface area contributed by atoms with Crippen molar-refractivity contribution in [2.45, 2.75) is 52.4 Å². The molecule has 0 aliphatic rings. The molecule has 0 aromatic heterocycles. The van der Waals surface area contributed by atoms with Crippen LogP contribution >= 0.6 is 24.0 Å². The van der Waals surface area contributed by atoms with Gasteiger partial charge in [0.2, 0.25) is 0 Å². The number of aliphatic hydroxyl groups excluding tert-OH is 1. The number of ether oxygens (including phenoxy) is 1. The largest absolute Gasteiger partial charge is 0.389 e. The molecule has 1 aromatic rings. The van der Waals surface area contributed by atoms with E-state index in [9.17, 15) is 5.11 Å². The van der Waals surface area contributed by atoms with E-state index in [4.69, 9.17) is 4.74 Å². The molecule has 3 unspecified atom stereocenters. The van der Waals surface area contributed by atoms with Crippen LogP contribution in [0.5, 0.6) is 0 Å². The maximum absolute atomic E-state index is 10.1. The lowest BCUT2D eigenvalue weighted by Crippen LogP contribution is -2.42. The number of hydrogen-bond donors (Lipinski definition) is 3. The molecule has 0 amide bonds. The fraction of sp³-hybridized carbons (Fsp3) is 0.611. The molecule has 138 valence electrons. The zero-order chi connectivity index (χ0) is 17.1. The van der Waals surface area contributed by atoms with E-state index < -0.39 is 6.10 Å². The predicted molar refractivity (Wildman–Crippen MR) is 111 cm³/mol. The molecule has 0 radical (unpaired) electrons. The predicted octanol–water partition coefficient (Wildman–Crippen LogP) is 3.10. The first-order valence-electron chi connectivity index (χ1n) is 8.46. The van der Waals surface area contributed by atoms with Crippen LogP contribution in [0.1, 0.15) is 45.8 Å². The lowest BCUT2D eigenvalue weighted by atomic mass is 10.1. The van der Waals surface area contributed by atoms with Gasteiger partial charge in [-0.15, -0.1) is 24.0 Å². The van der Waals surface area contributed by atoms with Gasteiger partial charge >= 0.3 is 0 Å². The minimum absolute atomic E-state index is 0. The van der Waals surface area contributed by atoms with E-state index in [1.54, 1.807) is 0 Å². The van der Waals surface area contributed by atoms with Crippen molar-refractivity contribution in [2.75, 3.05) is 19.7 Å². The summed E-state index contributed by atoms with van der Waals surface area (Å²) in [4.78, 5) is 4.42. The maximum Gasteiger partial charge on any atom is 0.191 e. The normalized spacial score (nSPS) is 15.1. The van der Waals surface area contributed by atoms with Crippen molar-refractivity contribution in [3.8, 4) is 0 Å². The van der Waals surface area contributed by atoms with E-state index in [1.807, 2.05) is 44.2 Å². The summed E-state index contributed by atoms with van der Waals surface area (Å²) in [6.45, 7) is 9.60. The van der Waals surface area contributed by atoms with Crippen molar-refractivity contribution in [1.29, 1.82) is 0 Å². The van der Waals surface area contributed by atoms with Crippen molar-refractivity contribution in [1.82, 2.24) is 10.6 Å². The zero-order valence-electron chi connectivity index (χ0n) is 15.2. The summed E-state index contributed by atoms with van der Waals surface area (Å²) < 4.78 is 5.72. The Morgan fingerprint density at radius 3 is 2.46 bits per heavy atom. The third-order valence-electron chi connectivity index (χ3n) is 3.61. The number of halogens is 1. The molecule has 24 heavy (non-hydrogen) atoms. The highest BCUT2D eigenvalue weighted by atomic mass is 127. The minimum Gasteiger partial charge on any atom is -0.389 e. The van der Waals surface area contributed by atoms with E-state index in [0.29, 0.717) is 12.6 Å². The van der Waals surface area contributed by atoms with Crippen LogP contribution in [0.25, 0.3) is 0 Å². The molecule has 5 nitrogen and oxygen atoms in total. The second kappa shape index (κ2) is 13.4. The molecule has 1 aromatic carbocycles. The molecule has 0 saturated heterocycles. The Bertz CT molecular complexity index is 457. The molecule has 1 rings (SSSR count). The molecule has 3 atom stereocenters. The summed E-state index contributed by atoms with van der Waals surface area (Å²) >= 11 is 0. The number of benzene rings is 1. The first kappa shape index (κ1) is 23.1. The summed E-state index contributed by atoms with van der Waals surface area (Å²) in [5.74, 6) is 0.733. The van der Waals surface area contributed by atoms with Gasteiger partial charge in [-0.05, 0) is 32.8 Å². The lowest BCUT2D eigenvalue weighted by Gasteiger charge is -2.18. The van der Waals surface area contributed by atoms with E-state index >= 15 is 0 Å². The number of nitrogens with one attached hydrogen (secondary N) is 2. The fourth-order valence-corrected chi connectivity index (χ4v) is 1.98.